The molecule has 0 aliphatic heterocycles. The van der Waals surface area contributed by atoms with E-state index in [4.69, 9.17) is 9.17 Å². The van der Waals surface area contributed by atoms with Crippen molar-refractivity contribution >= 4 is 53.6 Å². The number of nitrogens with one attached hydrogen (secondary N) is 2. The lowest BCUT2D eigenvalue weighted by Crippen LogP contribution is -2.30. The van der Waals surface area contributed by atoms with Crippen LogP contribution in [0.25, 0.3) is 10.3 Å². The van der Waals surface area contributed by atoms with E-state index in [2.05, 4.69) is 35.8 Å². The first-order valence-electron chi connectivity index (χ1n) is 13.4. The molecule has 0 saturated heterocycles. The van der Waals surface area contributed by atoms with Gasteiger partial charge >= 0.3 is 10.2 Å². The average molecular weight is 642 g/mol. The maximum atomic E-state index is 15.0. The summed E-state index contributed by atoms with van der Waals surface area (Å²) in [5.41, 5.74) is 2.97. The number of halogens is 1. The first-order chi connectivity index (χ1) is 19.4. The number of aryl methyl sites for hydroxylation is 1. The second kappa shape index (κ2) is 12.1. The first kappa shape index (κ1) is 32.2. The van der Waals surface area contributed by atoms with Gasteiger partial charge in [0.25, 0.3) is 16.0 Å². The van der Waals surface area contributed by atoms with Gasteiger partial charge in [-0.2, -0.15) is 21.1 Å². The van der Waals surface area contributed by atoms with Crippen LogP contribution in [0.15, 0.2) is 24.3 Å². The first-order valence-corrected chi connectivity index (χ1v) is 17.4. The molecule has 2 aromatic heterocycles. The van der Waals surface area contributed by atoms with Crippen LogP contribution in [-0.4, -0.2) is 64.0 Å². The van der Waals surface area contributed by atoms with E-state index in [1.165, 1.54) is 26.2 Å². The smallest absolute Gasteiger partial charge is 0.301 e. The van der Waals surface area contributed by atoms with Gasteiger partial charge in [-0.3, -0.25) is 13.7 Å². The van der Waals surface area contributed by atoms with E-state index in [1.807, 2.05) is 6.07 Å². The van der Waals surface area contributed by atoms with Crippen molar-refractivity contribution in [3.8, 4) is 0 Å². The average Bonchev–Trinajstić information content (AvgIpc) is 3.29. The summed E-state index contributed by atoms with van der Waals surface area (Å²) in [6.07, 6.45) is 3.71. The molecule has 0 saturated carbocycles. The molecule has 3 aromatic rings. The minimum atomic E-state index is -3.95. The lowest BCUT2D eigenvalue weighted by atomic mass is 9.71. The number of rotatable bonds is 10. The van der Waals surface area contributed by atoms with Crippen LogP contribution in [0.3, 0.4) is 0 Å². The standard InChI is InChI=1S/C27H36FN5O6S3/c1-27(2,3)18-8-10-20-17(13-18)15-23-25(30-20)40-26(31-23)24(34)29-21(11-12-39-41(6,35)36)16-7-9-22(19(28)14-16)32-42(37,38)33(4)5/h7,9,14-15,18,21,32H,8,10-13H2,1-6H3,(H,29,34)/t18-,21+/m0/s1. The van der Waals surface area contributed by atoms with E-state index in [-0.39, 0.29) is 34.7 Å². The quantitative estimate of drug-likeness (QED) is 0.316. The summed E-state index contributed by atoms with van der Waals surface area (Å²) < 4.78 is 70.2. The predicted octanol–water partition coefficient (Wildman–Crippen LogP) is 4.04. The van der Waals surface area contributed by atoms with Gasteiger partial charge in [0.15, 0.2) is 5.01 Å². The van der Waals surface area contributed by atoms with E-state index >= 15 is 0 Å². The van der Waals surface area contributed by atoms with Crippen molar-refractivity contribution in [2.75, 3.05) is 31.7 Å². The molecule has 230 valence electrons. The largest absolute Gasteiger partial charge is 0.343 e. The van der Waals surface area contributed by atoms with Gasteiger partial charge in [-0.05, 0) is 66.3 Å². The van der Waals surface area contributed by atoms with Crippen molar-refractivity contribution in [1.82, 2.24) is 19.6 Å². The van der Waals surface area contributed by atoms with Crippen LogP contribution in [0.1, 0.15) is 66.3 Å². The van der Waals surface area contributed by atoms with E-state index < -0.39 is 38.1 Å². The molecule has 0 fully saturated rings. The Morgan fingerprint density at radius 2 is 1.90 bits per heavy atom. The molecule has 2 atom stereocenters. The van der Waals surface area contributed by atoms with Crippen molar-refractivity contribution in [2.45, 2.75) is 52.5 Å². The van der Waals surface area contributed by atoms with Gasteiger partial charge in [-0.1, -0.05) is 38.2 Å². The monoisotopic (exact) mass is 641 g/mol. The van der Waals surface area contributed by atoms with E-state index in [0.29, 0.717) is 16.3 Å². The number of benzene rings is 1. The van der Waals surface area contributed by atoms with Crippen molar-refractivity contribution in [2.24, 2.45) is 11.3 Å². The third kappa shape index (κ3) is 7.81. The summed E-state index contributed by atoms with van der Waals surface area (Å²) in [6, 6.07) is 4.90. The number of fused-ring (bicyclic) bond motifs is 2. The molecule has 0 unspecified atom stereocenters. The van der Waals surface area contributed by atoms with Crippen LogP contribution in [0.2, 0.25) is 0 Å². The second-order valence-corrected chi connectivity index (χ2v) is 16.2. The van der Waals surface area contributed by atoms with Crippen LogP contribution in [0, 0.1) is 17.2 Å². The molecule has 1 aliphatic carbocycles. The van der Waals surface area contributed by atoms with Gasteiger partial charge in [0, 0.05) is 19.8 Å². The fraction of sp³-hybridized carbons (Fsp3) is 0.519. The van der Waals surface area contributed by atoms with Gasteiger partial charge in [-0.15, -0.1) is 0 Å². The summed E-state index contributed by atoms with van der Waals surface area (Å²) in [5.74, 6) is -0.888. The van der Waals surface area contributed by atoms with Crippen molar-refractivity contribution in [3.63, 3.8) is 0 Å². The highest BCUT2D eigenvalue weighted by Gasteiger charge is 2.30. The molecular weight excluding hydrogens is 606 g/mol. The number of carbonyl (C=O) groups is 1. The Balaban J connectivity index is 1.58. The number of hydrogen-bond donors (Lipinski definition) is 2. The normalized spacial score (nSPS) is 16.8. The maximum Gasteiger partial charge on any atom is 0.301 e. The lowest BCUT2D eigenvalue weighted by molar-refractivity contribution is 0.0931. The minimum absolute atomic E-state index is 0.00729. The number of hydrogen-bond acceptors (Lipinski definition) is 9. The fourth-order valence-electron chi connectivity index (χ4n) is 4.77. The second-order valence-electron chi connectivity index (χ2n) is 11.7. The van der Waals surface area contributed by atoms with Gasteiger partial charge in [-0.25, -0.2) is 14.4 Å². The maximum absolute atomic E-state index is 15.0. The highest BCUT2D eigenvalue weighted by Crippen LogP contribution is 2.38. The molecule has 0 bridgehead atoms. The van der Waals surface area contributed by atoms with Crippen LogP contribution in [-0.2, 0) is 37.4 Å². The third-order valence-electron chi connectivity index (χ3n) is 7.29. The van der Waals surface area contributed by atoms with Gasteiger partial charge in [0.1, 0.15) is 16.2 Å². The minimum Gasteiger partial charge on any atom is -0.343 e. The molecule has 42 heavy (non-hydrogen) atoms. The number of nitrogens with zero attached hydrogens (tertiary/aromatic N) is 3. The summed E-state index contributed by atoms with van der Waals surface area (Å²) in [7, 11) is -5.09. The predicted molar refractivity (Wildman–Crippen MR) is 161 cm³/mol. The van der Waals surface area contributed by atoms with Crippen molar-refractivity contribution < 1.29 is 30.2 Å². The highest BCUT2D eigenvalue weighted by molar-refractivity contribution is 7.90. The molecule has 2 N–H and O–H groups in total. The zero-order valence-electron chi connectivity index (χ0n) is 24.4. The zero-order valence-corrected chi connectivity index (χ0v) is 26.8. The number of anilines is 1. The summed E-state index contributed by atoms with van der Waals surface area (Å²) in [4.78, 5) is 23.3. The number of thiazole rings is 1. The lowest BCUT2D eigenvalue weighted by Gasteiger charge is -2.34. The van der Waals surface area contributed by atoms with Crippen molar-refractivity contribution in [1.29, 1.82) is 0 Å². The Kier molecular flexibility index (Phi) is 9.28. The van der Waals surface area contributed by atoms with Gasteiger partial charge < -0.3 is 5.32 Å². The Morgan fingerprint density at radius 3 is 2.52 bits per heavy atom. The van der Waals surface area contributed by atoms with Crippen molar-refractivity contribution in [3.05, 3.63) is 51.9 Å². The molecule has 1 aliphatic rings. The van der Waals surface area contributed by atoms with E-state index in [0.717, 1.165) is 58.5 Å². The SMILES string of the molecule is CN(C)S(=O)(=O)Nc1ccc([C@@H](CCOS(C)(=O)=O)NC(=O)c2nc3cc4c(nc3s2)CC[C@H](C(C)(C)C)C4)cc1F. The summed E-state index contributed by atoms with van der Waals surface area (Å²) >= 11 is 1.15. The number of aromatic nitrogens is 2. The van der Waals surface area contributed by atoms with Gasteiger partial charge in [0.05, 0.1) is 24.6 Å². The molecule has 4 rings (SSSR count). The molecule has 15 heteroatoms. The Hall–Kier alpha value is -2.72. The topological polar surface area (TPSA) is 148 Å². The third-order valence-corrected chi connectivity index (χ3v) is 10.3. The van der Waals surface area contributed by atoms with Crippen LogP contribution in [0.5, 0.6) is 0 Å². The number of carbonyl (C=O) groups excluding carboxylic acids is 1. The summed E-state index contributed by atoms with van der Waals surface area (Å²) in [5, 5.41) is 2.96. The zero-order chi connectivity index (χ0) is 31.0. The molecule has 2 heterocycles. The fourth-order valence-corrected chi connectivity index (χ4v) is 6.64. The van der Waals surface area contributed by atoms with E-state index in [9.17, 15) is 26.0 Å². The van der Waals surface area contributed by atoms with Crippen LogP contribution < -0.4 is 10.0 Å². The molecule has 1 amide bonds. The highest BCUT2D eigenvalue weighted by atomic mass is 32.2. The molecule has 11 nitrogen and oxygen atoms in total. The number of amides is 1. The van der Waals surface area contributed by atoms with E-state index in [1.54, 1.807) is 0 Å². The van der Waals surface area contributed by atoms with Crippen LogP contribution in [0.4, 0.5) is 10.1 Å². The van der Waals surface area contributed by atoms with Crippen LogP contribution >= 0.6 is 11.3 Å². The molecule has 1 aromatic carbocycles. The Morgan fingerprint density at radius 1 is 1.19 bits per heavy atom. The summed E-state index contributed by atoms with van der Waals surface area (Å²) in [6.45, 7) is 6.43. The molecule has 0 spiro atoms. The van der Waals surface area contributed by atoms with Gasteiger partial charge in [0.2, 0.25) is 0 Å². The molecule has 0 radical (unpaired) electrons. The molecular formula is C27H36FN5O6S3. The Bertz CT molecular complexity index is 1700. The Labute approximate surface area is 250 Å². The number of pyridine rings is 1.